The van der Waals surface area contributed by atoms with Crippen molar-refractivity contribution < 1.29 is 24.3 Å². The molecule has 0 bridgehead atoms. The van der Waals surface area contributed by atoms with Gasteiger partial charge in [0.1, 0.15) is 18.6 Å². The lowest BCUT2D eigenvalue weighted by atomic mass is 9.92. The lowest BCUT2D eigenvalue weighted by Crippen LogP contribution is -2.75. The third kappa shape index (κ3) is 3.04. The number of nitrogens with zero attached hydrogens (tertiary/aromatic N) is 3. The summed E-state index contributed by atoms with van der Waals surface area (Å²) >= 11 is 0. The average Bonchev–Trinajstić information content (AvgIpc) is 3.31. The Bertz CT molecular complexity index is 684. The molecule has 0 radical (unpaired) electrons. The van der Waals surface area contributed by atoms with Crippen LogP contribution in [0.25, 0.3) is 0 Å². The number of amides is 3. The van der Waals surface area contributed by atoms with E-state index in [1.54, 1.807) is 4.90 Å². The Morgan fingerprint density at radius 2 is 2.00 bits per heavy atom. The van der Waals surface area contributed by atoms with Gasteiger partial charge in [0, 0.05) is 13.1 Å². The molecule has 2 aliphatic heterocycles. The summed E-state index contributed by atoms with van der Waals surface area (Å²) in [5.41, 5.74) is 9.86. The largest absolute Gasteiger partial charge is 0.481 e. The van der Waals surface area contributed by atoms with E-state index < -0.39 is 41.8 Å². The SMILES string of the molecule is NC(N)=NCCCN1C(=O)CN2C(=O)[C@H](CC(=O)O)NC(=O)[C@H]2C12CC2. The van der Waals surface area contributed by atoms with E-state index in [1.165, 1.54) is 4.90 Å². The molecular weight excluding hydrogens is 344 g/mol. The van der Waals surface area contributed by atoms with Gasteiger partial charge in [-0.25, -0.2) is 0 Å². The minimum atomic E-state index is -1.19. The fraction of sp³-hybridized carbons (Fsp3) is 0.667. The minimum absolute atomic E-state index is 0.0241. The van der Waals surface area contributed by atoms with E-state index in [0.29, 0.717) is 32.4 Å². The molecule has 2 heterocycles. The van der Waals surface area contributed by atoms with Gasteiger partial charge in [-0.1, -0.05) is 0 Å². The van der Waals surface area contributed by atoms with Gasteiger partial charge in [-0.05, 0) is 19.3 Å². The topological polar surface area (TPSA) is 171 Å². The number of piperazine rings is 2. The number of carboxylic acids is 1. The molecule has 3 fully saturated rings. The summed E-state index contributed by atoms with van der Waals surface area (Å²) in [4.78, 5) is 55.5. The number of carbonyl (C=O) groups is 4. The van der Waals surface area contributed by atoms with Gasteiger partial charge in [0.25, 0.3) is 0 Å². The van der Waals surface area contributed by atoms with Crippen molar-refractivity contribution in [3.05, 3.63) is 0 Å². The summed E-state index contributed by atoms with van der Waals surface area (Å²) in [5.74, 6) is -2.38. The Hall–Kier alpha value is -2.85. The molecule has 6 N–H and O–H groups in total. The van der Waals surface area contributed by atoms with E-state index in [1.807, 2.05) is 0 Å². The van der Waals surface area contributed by atoms with E-state index in [-0.39, 0.29) is 18.4 Å². The van der Waals surface area contributed by atoms with Crippen LogP contribution in [0.4, 0.5) is 0 Å². The Morgan fingerprint density at radius 1 is 1.31 bits per heavy atom. The first-order valence-corrected chi connectivity index (χ1v) is 8.45. The van der Waals surface area contributed by atoms with Crippen LogP contribution in [0.3, 0.4) is 0 Å². The lowest BCUT2D eigenvalue weighted by Gasteiger charge is -2.50. The van der Waals surface area contributed by atoms with Crippen molar-refractivity contribution in [2.24, 2.45) is 16.5 Å². The monoisotopic (exact) mass is 366 g/mol. The third-order valence-corrected chi connectivity index (χ3v) is 5.09. The number of nitrogens with two attached hydrogens (primary N) is 2. The molecule has 0 aromatic carbocycles. The number of aliphatic imine (C=N–C) groups is 1. The van der Waals surface area contributed by atoms with Gasteiger partial charge in [0.2, 0.25) is 17.7 Å². The first-order valence-electron chi connectivity index (χ1n) is 8.45. The molecular formula is C15H22N6O5. The highest BCUT2D eigenvalue weighted by Crippen LogP contribution is 2.49. The highest BCUT2D eigenvalue weighted by Gasteiger charge is 2.65. The maximum Gasteiger partial charge on any atom is 0.305 e. The fourth-order valence-corrected chi connectivity index (χ4v) is 3.88. The maximum atomic E-state index is 12.6. The highest BCUT2D eigenvalue weighted by molar-refractivity contribution is 6.03. The summed E-state index contributed by atoms with van der Waals surface area (Å²) in [6.07, 6.45) is 1.27. The number of carbonyl (C=O) groups excluding carboxylic acids is 3. The number of fused-ring (bicyclic) bond motifs is 2. The second-order valence-electron chi connectivity index (χ2n) is 6.84. The molecule has 0 aromatic heterocycles. The molecule has 1 aliphatic carbocycles. The van der Waals surface area contributed by atoms with Crippen molar-refractivity contribution in [3.63, 3.8) is 0 Å². The molecule has 11 heteroatoms. The molecule has 2 atom stereocenters. The van der Waals surface area contributed by atoms with Crippen molar-refractivity contribution >= 4 is 29.7 Å². The molecule has 1 saturated carbocycles. The Morgan fingerprint density at radius 3 is 2.58 bits per heavy atom. The van der Waals surface area contributed by atoms with Crippen LogP contribution in [0.2, 0.25) is 0 Å². The molecule has 3 aliphatic rings. The van der Waals surface area contributed by atoms with Gasteiger partial charge in [-0.3, -0.25) is 24.2 Å². The highest BCUT2D eigenvalue weighted by atomic mass is 16.4. The number of hydrogen-bond donors (Lipinski definition) is 4. The lowest BCUT2D eigenvalue weighted by molar-refractivity contribution is -0.167. The molecule has 26 heavy (non-hydrogen) atoms. The zero-order chi connectivity index (χ0) is 19.1. The molecule has 0 unspecified atom stereocenters. The van der Waals surface area contributed by atoms with Crippen LogP contribution in [-0.4, -0.2) is 81.8 Å². The van der Waals surface area contributed by atoms with Crippen LogP contribution in [0.1, 0.15) is 25.7 Å². The van der Waals surface area contributed by atoms with Crippen LogP contribution in [0.15, 0.2) is 4.99 Å². The third-order valence-electron chi connectivity index (χ3n) is 5.09. The van der Waals surface area contributed by atoms with Gasteiger partial charge in [0.15, 0.2) is 5.96 Å². The number of nitrogens with one attached hydrogen (secondary N) is 1. The van der Waals surface area contributed by atoms with Crippen LogP contribution in [0.5, 0.6) is 0 Å². The van der Waals surface area contributed by atoms with Crippen molar-refractivity contribution in [3.8, 4) is 0 Å². The number of guanidine groups is 1. The van der Waals surface area contributed by atoms with Gasteiger partial charge in [-0.15, -0.1) is 0 Å². The Labute approximate surface area is 149 Å². The minimum Gasteiger partial charge on any atom is -0.481 e. The van der Waals surface area contributed by atoms with Crippen LogP contribution >= 0.6 is 0 Å². The van der Waals surface area contributed by atoms with Gasteiger partial charge >= 0.3 is 5.97 Å². The van der Waals surface area contributed by atoms with Crippen molar-refractivity contribution in [2.75, 3.05) is 19.6 Å². The molecule has 142 valence electrons. The Balaban J connectivity index is 1.76. The maximum absolute atomic E-state index is 12.6. The zero-order valence-electron chi connectivity index (χ0n) is 14.2. The van der Waals surface area contributed by atoms with Crippen molar-refractivity contribution in [2.45, 2.75) is 43.3 Å². The molecule has 0 aromatic rings. The number of carboxylic acid groups (broad SMARTS) is 1. The smallest absolute Gasteiger partial charge is 0.305 e. The Kier molecular flexibility index (Phi) is 4.46. The summed E-state index contributed by atoms with van der Waals surface area (Å²) < 4.78 is 0. The second-order valence-corrected chi connectivity index (χ2v) is 6.84. The predicted molar refractivity (Wildman–Crippen MR) is 88.7 cm³/mol. The summed E-state index contributed by atoms with van der Waals surface area (Å²) in [6.45, 7) is 0.527. The molecule has 3 amide bonds. The molecule has 3 rings (SSSR count). The summed E-state index contributed by atoms with van der Waals surface area (Å²) in [5, 5.41) is 11.4. The normalized spacial score (nSPS) is 26.4. The quantitative estimate of drug-likeness (QED) is 0.223. The second kappa shape index (κ2) is 6.46. The molecule has 2 saturated heterocycles. The zero-order valence-corrected chi connectivity index (χ0v) is 14.2. The first-order chi connectivity index (χ1) is 12.3. The summed E-state index contributed by atoms with van der Waals surface area (Å²) in [6, 6.07) is -1.91. The van der Waals surface area contributed by atoms with E-state index in [4.69, 9.17) is 16.6 Å². The fourth-order valence-electron chi connectivity index (χ4n) is 3.88. The van der Waals surface area contributed by atoms with Gasteiger partial charge in [-0.2, -0.15) is 0 Å². The number of hydrogen-bond acceptors (Lipinski definition) is 5. The van der Waals surface area contributed by atoms with Gasteiger partial charge in [0.05, 0.1) is 12.0 Å². The molecule has 1 spiro atoms. The van der Waals surface area contributed by atoms with Crippen LogP contribution < -0.4 is 16.8 Å². The predicted octanol–water partition coefficient (Wildman–Crippen LogP) is -2.80. The van der Waals surface area contributed by atoms with Crippen molar-refractivity contribution in [1.29, 1.82) is 0 Å². The van der Waals surface area contributed by atoms with E-state index in [0.717, 1.165) is 0 Å². The van der Waals surface area contributed by atoms with Crippen LogP contribution in [0, 0.1) is 0 Å². The first kappa shape index (κ1) is 18.0. The van der Waals surface area contributed by atoms with Crippen LogP contribution in [-0.2, 0) is 19.2 Å². The summed E-state index contributed by atoms with van der Waals surface area (Å²) in [7, 11) is 0. The van der Waals surface area contributed by atoms with E-state index >= 15 is 0 Å². The van der Waals surface area contributed by atoms with E-state index in [9.17, 15) is 19.2 Å². The average molecular weight is 366 g/mol. The van der Waals surface area contributed by atoms with Gasteiger partial charge < -0.3 is 31.7 Å². The van der Waals surface area contributed by atoms with Crippen molar-refractivity contribution in [1.82, 2.24) is 15.1 Å². The standard InChI is InChI=1S/C15H22N6O5/c16-14(17)18-4-1-5-21-9(22)7-20-11(15(21)2-3-15)12(25)19-8(13(20)26)6-10(23)24/h8,11H,1-7H2,(H,19,25)(H,23,24)(H4,16,17,18)/t8-,11-/m0/s1. The number of aliphatic carboxylic acids is 1. The molecule has 11 nitrogen and oxygen atoms in total. The number of rotatable bonds is 6. The van der Waals surface area contributed by atoms with E-state index in [2.05, 4.69) is 10.3 Å².